The predicted molar refractivity (Wildman–Crippen MR) is 86.8 cm³/mol. The van der Waals surface area contributed by atoms with E-state index in [4.69, 9.17) is 16.3 Å². The van der Waals surface area contributed by atoms with E-state index in [1.807, 2.05) is 36.7 Å². The lowest BCUT2D eigenvalue weighted by Crippen LogP contribution is -2.30. The maximum atomic E-state index is 9.31. The molecule has 1 heterocycles. The second kappa shape index (κ2) is 7.31. The summed E-state index contributed by atoms with van der Waals surface area (Å²) >= 11 is 5.84. The van der Waals surface area contributed by atoms with Gasteiger partial charge in [-0.05, 0) is 30.7 Å². The summed E-state index contributed by atoms with van der Waals surface area (Å²) in [7, 11) is 0. The number of oxime groups is 1. The van der Waals surface area contributed by atoms with Crippen LogP contribution < -0.4 is 4.74 Å². The van der Waals surface area contributed by atoms with Crippen molar-refractivity contribution in [3.8, 4) is 5.75 Å². The Morgan fingerprint density at radius 1 is 1.36 bits per heavy atom. The van der Waals surface area contributed by atoms with Crippen molar-refractivity contribution in [1.29, 1.82) is 0 Å². The van der Waals surface area contributed by atoms with E-state index in [0.717, 1.165) is 12.2 Å². The van der Waals surface area contributed by atoms with Crippen LogP contribution in [0.25, 0.3) is 0 Å². The summed E-state index contributed by atoms with van der Waals surface area (Å²) in [5.74, 6) is 0.775. The molecule has 0 aliphatic rings. The van der Waals surface area contributed by atoms with E-state index in [1.165, 1.54) is 0 Å². The third-order valence-electron chi connectivity index (χ3n) is 3.60. The third-order valence-corrected chi connectivity index (χ3v) is 3.85. The molecule has 0 radical (unpaired) electrons. The number of benzene rings is 1. The van der Waals surface area contributed by atoms with Crippen molar-refractivity contribution in [3.05, 3.63) is 48.0 Å². The first-order valence-corrected chi connectivity index (χ1v) is 7.44. The van der Waals surface area contributed by atoms with Gasteiger partial charge in [0.25, 0.3) is 0 Å². The highest BCUT2D eigenvalue weighted by molar-refractivity contribution is 6.30. The zero-order valence-corrected chi connectivity index (χ0v) is 13.5. The van der Waals surface area contributed by atoms with Crippen LogP contribution >= 0.6 is 11.6 Å². The molecule has 5 nitrogen and oxygen atoms in total. The first-order chi connectivity index (χ1) is 10.5. The van der Waals surface area contributed by atoms with Crippen molar-refractivity contribution >= 4 is 17.3 Å². The molecular formula is C16H20ClN3O2. The van der Waals surface area contributed by atoms with Crippen molar-refractivity contribution in [3.63, 3.8) is 0 Å². The number of nitrogens with zero attached hydrogens (tertiary/aromatic N) is 3. The Bertz CT molecular complexity index is 607. The zero-order valence-electron chi connectivity index (χ0n) is 12.7. The Morgan fingerprint density at radius 2 is 2.09 bits per heavy atom. The first-order valence-electron chi connectivity index (χ1n) is 7.07. The Morgan fingerprint density at radius 3 is 2.68 bits per heavy atom. The van der Waals surface area contributed by atoms with E-state index in [-0.39, 0.29) is 5.41 Å². The highest BCUT2D eigenvalue weighted by atomic mass is 35.5. The molecule has 118 valence electrons. The Balaban J connectivity index is 1.90. The minimum atomic E-state index is -0.286. The average molecular weight is 322 g/mol. The van der Waals surface area contributed by atoms with Crippen LogP contribution in [0.3, 0.4) is 0 Å². The summed E-state index contributed by atoms with van der Waals surface area (Å²) in [5, 5.41) is 13.5. The molecule has 0 aliphatic carbocycles. The highest BCUT2D eigenvalue weighted by Crippen LogP contribution is 2.25. The molecule has 0 atom stereocenters. The van der Waals surface area contributed by atoms with Gasteiger partial charge in [-0.3, -0.25) is 0 Å². The molecule has 1 aromatic heterocycles. The first kappa shape index (κ1) is 16.4. The molecule has 0 saturated carbocycles. The number of imidazole rings is 1. The minimum Gasteiger partial charge on any atom is -0.494 e. The van der Waals surface area contributed by atoms with Gasteiger partial charge in [-0.15, -0.1) is 0 Å². The van der Waals surface area contributed by atoms with Crippen LogP contribution in [0, 0.1) is 5.41 Å². The molecule has 1 aromatic carbocycles. The van der Waals surface area contributed by atoms with Crippen LogP contribution in [-0.2, 0) is 6.54 Å². The topological polar surface area (TPSA) is 59.6 Å². The minimum absolute atomic E-state index is 0.286. The number of halogens is 1. The molecule has 22 heavy (non-hydrogen) atoms. The SMILES string of the molecule is CC(C)(CCOc1ccc(Cl)cc1)C(Cn1ccnc1)=NO. The second-order valence-corrected chi connectivity index (χ2v) is 6.15. The zero-order chi connectivity index (χ0) is 16.0. The lowest BCUT2D eigenvalue weighted by Gasteiger charge is -2.26. The van der Waals surface area contributed by atoms with E-state index < -0.39 is 0 Å². The van der Waals surface area contributed by atoms with Crippen molar-refractivity contribution in [1.82, 2.24) is 9.55 Å². The molecule has 2 aromatic rings. The van der Waals surface area contributed by atoms with Crippen molar-refractivity contribution in [2.75, 3.05) is 6.61 Å². The van der Waals surface area contributed by atoms with Gasteiger partial charge in [0, 0.05) is 22.8 Å². The van der Waals surface area contributed by atoms with Gasteiger partial charge in [-0.2, -0.15) is 0 Å². The molecule has 0 unspecified atom stereocenters. The van der Waals surface area contributed by atoms with E-state index in [9.17, 15) is 5.21 Å². The summed E-state index contributed by atoms with van der Waals surface area (Å²) in [6.45, 7) is 5.09. The van der Waals surface area contributed by atoms with Gasteiger partial charge in [-0.1, -0.05) is 30.6 Å². The maximum Gasteiger partial charge on any atom is 0.119 e. The number of aromatic nitrogens is 2. The fraction of sp³-hybridized carbons (Fsp3) is 0.375. The van der Waals surface area contributed by atoms with Crippen LogP contribution in [0.5, 0.6) is 5.75 Å². The maximum absolute atomic E-state index is 9.31. The monoisotopic (exact) mass is 321 g/mol. The molecular weight excluding hydrogens is 302 g/mol. The van der Waals surface area contributed by atoms with Gasteiger partial charge in [0.05, 0.1) is 25.2 Å². The van der Waals surface area contributed by atoms with Crippen molar-refractivity contribution < 1.29 is 9.94 Å². The van der Waals surface area contributed by atoms with Crippen molar-refractivity contribution in [2.24, 2.45) is 10.6 Å². The lowest BCUT2D eigenvalue weighted by molar-refractivity contribution is 0.258. The largest absolute Gasteiger partial charge is 0.494 e. The highest BCUT2D eigenvalue weighted by Gasteiger charge is 2.26. The van der Waals surface area contributed by atoms with Gasteiger partial charge in [0.1, 0.15) is 5.75 Å². The Kier molecular flexibility index (Phi) is 5.44. The van der Waals surface area contributed by atoms with Crippen LogP contribution in [0.15, 0.2) is 48.1 Å². The summed E-state index contributed by atoms with van der Waals surface area (Å²) in [4.78, 5) is 3.99. The summed E-state index contributed by atoms with van der Waals surface area (Å²) < 4.78 is 7.58. The van der Waals surface area contributed by atoms with E-state index in [2.05, 4.69) is 10.1 Å². The Labute approximate surface area is 135 Å². The molecule has 0 bridgehead atoms. The van der Waals surface area contributed by atoms with E-state index >= 15 is 0 Å². The molecule has 0 amide bonds. The summed E-state index contributed by atoms with van der Waals surface area (Å²) in [5.41, 5.74) is 0.399. The number of hydrogen-bond donors (Lipinski definition) is 1. The van der Waals surface area contributed by atoms with Gasteiger partial charge in [0.15, 0.2) is 0 Å². The molecule has 0 aliphatic heterocycles. The van der Waals surface area contributed by atoms with Gasteiger partial charge >= 0.3 is 0 Å². The van der Waals surface area contributed by atoms with Gasteiger partial charge in [-0.25, -0.2) is 4.98 Å². The standard InChI is InChI=1S/C16H20ClN3O2/c1-16(2,15(19-21)11-20-9-8-18-12-20)7-10-22-14-5-3-13(17)4-6-14/h3-6,8-9,12,21H,7,10-11H2,1-2H3. The van der Waals surface area contributed by atoms with Crippen LogP contribution in [0.4, 0.5) is 0 Å². The molecule has 6 heteroatoms. The van der Waals surface area contributed by atoms with Crippen LogP contribution in [-0.4, -0.2) is 27.1 Å². The normalized spacial score (nSPS) is 12.4. The molecule has 0 fully saturated rings. The van der Waals surface area contributed by atoms with E-state index in [1.54, 1.807) is 24.7 Å². The van der Waals surface area contributed by atoms with Gasteiger partial charge < -0.3 is 14.5 Å². The third kappa shape index (κ3) is 4.49. The molecule has 0 saturated heterocycles. The van der Waals surface area contributed by atoms with Crippen molar-refractivity contribution in [2.45, 2.75) is 26.8 Å². The lowest BCUT2D eigenvalue weighted by atomic mass is 9.84. The number of rotatable bonds is 7. The average Bonchev–Trinajstić information content (AvgIpc) is 2.99. The van der Waals surface area contributed by atoms with Crippen LogP contribution in [0.1, 0.15) is 20.3 Å². The van der Waals surface area contributed by atoms with Crippen LogP contribution in [0.2, 0.25) is 5.02 Å². The number of hydrogen-bond acceptors (Lipinski definition) is 4. The molecule has 2 rings (SSSR count). The Hall–Kier alpha value is -2.01. The second-order valence-electron chi connectivity index (χ2n) is 5.72. The molecule has 1 N–H and O–H groups in total. The predicted octanol–water partition coefficient (Wildman–Crippen LogP) is 3.86. The smallest absolute Gasteiger partial charge is 0.119 e. The molecule has 0 spiro atoms. The fourth-order valence-electron chi connectivity index (χ4n) is 2.03. The summed E-state index contributed by atoms with van der Waals surface area (Å²) in [6, 6.07) is 7.26. The fourth-order valence-corrected chi connectivity index (χ4v) is 2.16. The number of ether oxygens (including phenoxy) is 1. The van der Waals surface area contributed by atoms with Gasteiger partial charge in [0.2, 0.25) is 0 Å². The van der Waals surface area contributed by atoms with E-state index in [0.29, 0.717) is 23.9 Å². The summed E-state index contributed by atoms with van der Waals surface area (Å²) in [6.07, 6.45) is 5.96. The quantitative estimate of drug-likeness (QED) is 0.478.